The van der Waals surface area contributed by atoms with Crippen molar-refractivity contribution < 1.29 is 4.79 Å². The van der Waals surface area contributed by atoms with Gasteiger partial charge in [-0.2, -0.15) is 0 Å². The maximum Gasteiger partial charge on any atom is 0.257 e. The van der Waals surface area contributed by atoms with Crippen LogP contribution >= 0.6 is 11.6 Å². The quantitative estimate of drug-likeness (QED) is 0.568. The first kappa shape index (κ1) is 20.6. The van der Waals surface area contributed by atoms with E-state index in [9.17, 15) is 4.79 Å². The third-order valence-corrected chi connectivity index (χ3v) is 6.93. The van der Waals surface area contributed by atoms with Crippen LogP contribution in [0.5, 0.6) is 0 Å². The average molecular weight is 448 g/mol. The zero-order chi connectivity index (χ0) is 22.1. The summed E-state index contributed by atoms with van der Waals surface area (Å²) in [5.74, 6) is 0.694. The first-order valence-corrected chi connectivity index (χ1v) is 11.3. The molecule has 6 nitrogen and oxygen atoms in total. The highest BCUT2D eigenvalue weighted by atomic mass is 35.5. The lowest BCUT2D eigenvalue weighted by Gasteiger charge is -2.26. The van der Waals surface area contributed by atoms with Crippen LogP contribution in [-0.2, 0) is 0 Å². The number of anilines is 4. The SMILES string of the molecule is Nc1ccccc1NC(=O)c1ccc(N2CCC3(CCN(c4ccccc4Cl)C3)C2)nc1. The van der Waals surface area contributed by atoms with Crippen molar-refractivity contribution >= 4 is 40.4 Å². The van der Waals surface area contributed by atoms with Gasteiger partial charge in [0.15, 0.2) is 0 Å². The van der Waals surface area contributed by atoms with Gasteiger partial charge in [0.2, 0.25) is 0 Å². The lowest BCUT2D eigenvalue weighted by atomic mass is 9.86. The van der Waals surface area contributed by atoms with E-state index in [0.29, 0.717) is 16.9 Å². The summed E-state index contributed by atoms with van der Waals surface area (Å²) in [6, 6.07) is 19.0. The van der Waals surface area contributed by atoms with E-state index in [2.05, 4.69) is 26.2 Å². The van der Waals surface area contributed by atoms with Crippen LogP contribution in [-0.4, -0.2) is 37.1 Å². The fourth-order valence-corrected chi connectivity index (χ4v) is 5.08. The molecular weight excluding hydrogens is 422 g/mol. The molecule has 1 unspecified atom stereocenters. The van der Waals surface area contributed by atoms with Gasteiger partial charge in [-0.25, -0.2) is 4.98 Å². The molecule has 0 radical (unpaired) electrons. The molecule has 3 aromatic rings. The molecule has 2 aliphatic heterocycles. The van der Waals surface area contributed by atoms with E-state index in [-0.39, 0.29) is 11.3 Å². The van der Waals surface area contributed by atoms with Gasteiger partial charge in [0.05, 0.1) is 27.6 Å². The Bertz CT molecular complexity index is 1140. The first-order chi connectivity index (χ1) is 15.5. The number of nitrogen functional groups attached to an aromatic ring is 1. The summed E-state index contributed by atoms with van der Waals surface area (Å²) >= 11 is 6.42. The minimum Gasteiger partial charge on any atom is -0.397 e. The van der Waals surface area contributed by atoms with E-state index in [1.54, 1.807) is 18.3 Å². The molecule has 1 atom stereocenters. The molecule has 164 valence electrons. The summed E-state index contributed by atoms with van der Waals surface area (Å²) in [4.78, 5) is 21.9. The maximum atomic E-state index is 12.6. The zero-order valence-corrected chi connectivity index (χ0v) is 18.6. The summed E-state index contributed by atoms with van der Waals surface area (Å²) in [5.41, 5.74) is 8.94. The van der Waals surface area contributed by atoms with Crippen LogP contribution in [0.1, 0.15) is 23.2 Å². The second-order valence-electron chi connectivity index (χ2n) is 8.74. The topological polar surface area (TPSA) is 74.5 Å². The molecule has 32 heavy (non-hydrogen) atoms. The summed E-state index contributed by atoms with van der Waals surface area (Å²) in [6.45, 7) is 3.96. The number of nitrogens with zero attached hydrogens (tertiary/aromatic N) is 3. The van der Waals surface area contributed by atoms with E-state index in [1.165, 1.54) is 0 Å². The molecular formula is C25H26ClN5O. The van der Waals surface area contributed by atoms with Gasteiger partial charge in [-0.05, 0) is 49.2 Å². The van der Waals surface area contributed by atoms with Crippen molar-refractivity contribution in [2.24, 2.45) is 5.41 Å². The predicted octanol–water partition coefficient (Wildman–Crippen LogP) is 4.68. The number of hydrogen-bond donors (Lipinski definition) is 2. The fraction of sp³-hybridized carbons (Fsp3) is 0.280. The number of pyridine rings is 1. The molecule has 1 spiro atoms. The summed E-state index contributed by atoms with van der Waals surface area (Å²) in [7, 11) is 0. The lowest BCUT2D eigenvalue weighted by molar-refractivity contribution is 0.102. The third kappa shape index (κ3) is 3.98. The number of nitrogens with one attached hydrogen (secondary N) is 1. The van der Waals surface area contributed by atoms with Gasteiger partial charge in [-0.3, -0.25) is 4.79 Å². The van der Waals surface area contributed by atoms with Crippen molar-refractivity contribution in [1.29, 1.82) is 0 Å². The number of rotatable bonds is 4. The number of carbonyl (C=O) groups is 1. The molecule has 5 rings (SSSR count). The Balaban J connectivity index is 1.24. The van der Waals surface area contributed by atoms with Crippen molar-refractivity contribution in [3.63, 3.8) is 0 Å². The first-order valence-electron chi connectivity index (χ1n) is 10.9. The molecule has 2 aromatic carbocycles. The molecule has 7 heteroatoms. The minimum absolute atomic E-state index is 0.217. The average Bonchev–Trinajstić information content (AvgIpc) is 3.42. The van der Waals surface area contributed by atoms with Crippen LogP contribution < -0.4 is 20.9 Å². The lowest BCUT2D eigenvalue weighted by Crippen LogP contribution is -2.31. The molecule has 3 N–H and O–H groups in total. The Morgan fingerprint density at radius 1 is 0.969 bits per heavy atom. The van der Waals surface area contributed by atoms with E-state index < -0.39 is 0 Å². The Morgan fingerprint density at radius 3 is 2.44 bits per heavy atom. The summed E-state index contributed by atoms with van der Waals surface area (Å²) in [6.07, 6.45) is 3.92. The molecule has 0 saturated carbocycles. The molecule has 2 fully saturated rings. The van der Waals surface area contributed by atoms with Gasteiger partial charge < -0.3 is 20.9 Å². The number of benzene rings is 2. The Morgan fingerprint density at radius 2 is 1.69 bits per heavy atom. The highest BCUT2D eigenvalue weighted by molar-refractivity contribution is 6.33. The predicted molar refractivity (Wildman–Crippen MR) is 131 cm³/mol. The van der Waals surface area contributed by atoms with Crippen LogP contribution in [0, 0.1) is 5.41 Å². The number of nitrogens with two attached hydrogens (primary N) is 1. The van der Waals surface area contributed by atoms with Gasteiger partial charge in [-0.15, -0.1) is 0 Å². The molecule has 1 amide bonds. The Kier molecular flexibility index (Phi) is 5.39. The number of hydrogen-bond acceptors (Lipinski definition) is 5. The van der Waals surface area contributed by atoms with Gasteiger partial charge in [-0.1, -0.05) is 35.9 Å². The monoisotopic (exact) mass is 447 g/mol. The van der Waals surface area contributed by atoms with Crippen molar-refractivity contribution in [2.75, 3.05) is 47.0 Å². The summed E-state index contributed by atoms with van der Waals surface area (Å²) < 4.78 is 0. The van der Waals surface area contributed by atoms with Crippen LogP contribution in [0.2, 0.25) is 5.02 Å². The molecule has 2 saturated heterocycles. The van der Waals surface area contributed by atoms with Crippen LogP contribution in [0.25, 0.3) is 0 Å². The third-order valence-electron chi connectivity index (χ3n) is 6.61. The number of halogens is 1. The molecule has 0 aliphatic carbocycles. The fourth-order valence-electron chi connectivity index (χ4n) is 4.83. The highest BCUT2D eigenvalue weighted by Gasteiger charge is 2.44. The normalized spacial score (nSPS) is 20.2. The second-order valence-corrected chi connectivity index (χ2v) is 9.15. The van der Waals surface area contributed by atoms with Crippen LogP contribution in [0.4, 0.5) is 22.9 Å². The Hall–Kier alpha value is -3.25. The highest BCUT2D eigenvalue weighted by Crippen LogP contribution is 2.43. The maximum absolute atomic E-state index is 12.6. The van der Waals surface area contributed by atoms with E-state index in [0.717, 1.165) is 55.5 Å². The smallest absolute Gasteiger partial charge is 0.257 e. The minimum atomic E-state index is -0.217. The number of aromatic nitrogens is 1. The number of para-hydroxylation sites is 3. The van der Waals surface area contributed by atoms with E-state index in [4.69, 9.17) is 17.3 Å². The van der Waals surface area contributed by atoms with Crippen molar-refractivity contribution in [2.45, 2.75) is 12.8 Å². The van der Waals surface area contributed by atoms with Crippen LogP contribution in [0.3, 0.4) is 0 Å². The largest absolute Gasteiger partial charge is 0.397 e. The van der Waals surface area contributed by atoms with Gasteiger partial charge >= 0.3 is 0 Å². The van der Waals surface area contributed by atoms with Gasteiger partial charge in [0, 0.05) is 37.8 Å². The van der Waals surface area contributed by atoms with Crippen molar-refractivity contribution in [3.05, 3.63) is 77.4 Å². The molecule has 0 bridgehead atoms. The zero-order valence-electron chi connectivity index (χ0n) is 17.8. The van der Waals surface area contributed by atoms with E-state index >= 15 is 0 Å². The summed E-state index contributed by atoms with van der Waals surface area (Å²) in [5, 5.41) is 3.66. The van der Waals surface area contributed by atoms with Gasteiger partial charge in [0.1, 0.15) is 5.82 Å². The van der Waals surface area contributed by atoms with Crippen LogP contribution in [0.15, 0.2) is 66.9 Å². The number of amides is 1. The Labute approximate surface area is 193 Å². The van der Waals surface area contributed by atoms with Crippen molar-refractivity contribution in [1.82, 2.24) is 4.98 Å². The van der Waals surface area contributed by atoms with E-state index in [1.807, 2.05) is 42.5 Å². The standard InChI is InChI=1S/C25H26ClN5O/c26-19-5-1-4-8-22(19)30-13-11-25(16-30)12-14-31(17-25)23-10-9-18(15-28-23)24(32)29-21-7-3-2-6-20(21)27/h1-10,15H,11-14,16-17,27H2,(H,29,32). The van der Waals surface area contributed by atoms with Crippen molar-refractivity contribution in [3.8, 4) is 0 Å². The number of carbonyl (C=O) groups excluding carboxylic acids is 1. The molecule has 1 aromatic heterocycles. The molecule has 2 aliphatic rings. The van der Waals surface area contributed by atoms with Gasteiger partial charge in [0.25, 0.3) is 5.91 Å². The molecule has 3 heterocycles. The second kappa shape index (κ2) is 8.36.